The number of hydrogen-bond acceptors (Lipinski definition) is 8. The summed E-state index contributed by atoms with van der Waals surface area (Å²) >= 11 is 0. The summed E-state index contributed by atoms with van der Waals surface area (Å²) in [6.45, 7) is 1.58. The highest BCUT2D eigenvalue weighted by molar-refractivity contribution is 7.86. The molecule has 0 unspecified atom stereocenters. The zero-order valence-corrected chi connectivity index (χ0v) is 16.4. The largest absolute Gasteiger partial charge is 0.505 e. The molecule has 0 aliphatic rings. The van der Waals surface area contributed by atoms with Crippen molar-refractivity contribution < 1.29 is 31.0 Å². The van der Waals surface area contributed by atoms with Crippen molar-refractivity contribution >= 4 is 48.1 Å². The zero-order valence-electron chi connectivity index (χ0n) is 14.8. The van der Waals surface area contributed by atoms with Gasteiger partial charge in [-0.25, -0.2) is 0 Å². The van der Waals surface area contributed by atoms with Gasteiger partial charge >= 0.3 is 0 Å². The molecule has 0 bridgehead atoms. The maximum atomic E-state index is 11.8. The molecule has 0 saturated heterocycles. The Bertz CT molecular complexity index is 1380. The van der Waals surface area contributed by atoms with E-state index in [0.717, 1.165) is 18.2 Å². The van der Waals surface area contributed by atoms with E-state index in [4.69, 9.17) is 10.3 Å². The van der Waals surface area contributed by atoms with Gasteiger partial charge in [-0.2, -0.15) is 21.9 Å². The fraction of sp³-hybridized carbons (Fsp3) is 0.0588. The first-order chi connectivity index (χ1) is 13.4. The van der Waals surface area contributed by atoms with Crippen LogP contribution in [0.3, 0.4) is 0 Å². The van der Waals surface area contributed by atoms with Gasteiger partial charge in [0.15, 0.2) is 5.75 Å². The van der Waals surface area contributed by atoms with E-state index in [0.29, 0.717) is 11.3 Å². The molecule has 0 amide bonds. The van der Waals surface area contributed by atoms with E-state index in [-0.39, 0.29) is 16.5 Å². The number of nitrogens with two attached hydrogens (primary N) is 1. The van der Waals surface area contributed by atoms with E-state index in [9.17, 15) is 26.5 Å². The molecule has 0 fully saturated rings. The summed E-state index contributed by atoms with van der Waals surface area (Å²) < 4.78 is 64.9. The van der Waals surface area contributed by atoms with Gasteiger partial charge in [0, 0.05) is 11.1 Å². The first-order valence-electron chi connectivity index (χ1n) is 7.90. The Labute approximate surface area is 165 Å². The van der Waals surface area contributed by atoms with Crippen LogP contribution < -0.4 is 5.73 Å². The van der Waals surface area contributed by atoms with Crippen LogP contribution in [-0.4, -0.2) is 31.0 Å². The lowest BCUT2D eigenvalue weighted by atomic mass is 10.1. The summed E-state index contributed by atoms with van der Waals surface area (Å²) in [5.74, 6) is -0.567. The van der Waals surface area contributed by atoms with Gasteiger partial charge in [-0.15, -0.1) is 5.11 Å². The minimum Gasteiger partial charge on any atom is -0.505 e. The number of nitrogen functional groups attached to an aromatic ring is 1. The number of nitrogens with zero attached hydrogens (tertiary/aromatic N) is 2. The van der Waals surface area contributed by atoms with E-state index >= 15 is 0 Å². The van der Waals surface area contributed by atoms with Crippen molar-refractivity contribution in [2.45, 2.75) is 16.7 Å². The summed E-state index contributed by atoms with van der Waals surface area (Å²) in [5.41, 5.74) is 5.90. The molecular formula is C17H15N3O7S2. The van der Waals surface area contributed by atoms with Crippen molar-refractivity contribution in [2.75, 3.05) is 5.73 Å². The second-order valence-corrected chi connectivity index (χ2v) is 8.96. The summed E-state index contributed by atoms with van der Waals surface area (Å²) in [6.07, 6.45) is 0. The second-order valence-electron chi connectivity index (χ2n) is 6.15. The highest BCUT2D eigenvalue weighted by atomic mass is 32.2. The third-order valence-electron chi connectivity index (χ3n) is 4.09. The van der Waals surface area contributed by atoms with E-state index in [2.05, 4.69) is 10.2 Å². The molecule has 0 aliphatic carbocycles. The van der Waals surface area contributed by atoms with Gasteiger partial charge in [-0.3, -0.25) is 9.11 Å². The molecule has 0 aromatic heterocycles. The Morgan fingerprint density at radius 3 is 2.21 bits per heavy atom. The zero-order chi connectivity index (χ0) is 21.6. The minimum absolute atomic E-state index is 0.00165. The van der Waals surface area contributed by atoms with Crippen LogP contribution in [0.2, 0.25) is 0 Å². The maximum absolute atomic E-state index is 11.8. The summed E-state index contributed by atoms with van der Waals surface area (Å²) in [6, 6.07) is 8.96. The molecular weight excluding hydrogens is 422 g/mol. The van der Waals surface area contributed by atoms with Gasteiger partial charge in [0.05, 0.1) is 10.6 Å². The van der Waals surface area contributed by atoms with Gasteiger partial charge in [0.2, 0.25) is 0 Å². The molecule has 3 aromatic rings. The van der Waals surface area contributed by atoms with Crippen LogP contribution in [0.15, 0.2) is 62.5 Å². The fourth-order valence-corrected chi connectivity index (χ4v) is 3.78. The normalized spacial score (nSPS) is 12.7. The lowest BCUT2D eigenvalue weighted by Crippen LogP contribution is -1.99. The molecule has 12 heteroatoms. The van der Waals surface area contributed by atoms with Crippen molar-refractivity contribution in [2.24, 2.45) is 10.2 Å². The van der Waals surface area contributed by atoms with E-state index in [1.54, 1.807) is 6.92 Å². The van der Waals surface area contributed by atoms with Crippen molar-refractivity contribution in [3.8, 4) is 5.75 Å². The molecule has 152 valence electrons. The number of aromatic hydroxyl groups is 1. The Hall–Kier alpha value is -3.06. The van der Waals surface area contributed by atoms with Crippen LogP contribution in [0.5, 0.6) is 5.75 Å². The first-order valence-corrected chi connectivity index (χ1v) is 10.8. The van der Waals surface area contributed by atoms with Crippen LogP contribution in [0, 0.1) is 6.92 Å². The van der Waals surface area contributed by atoms with Crippen LogP contribution in [0.25, 0.3) is 10.8 Å². The van der Waals surface area contributed by atoms with Crippen molar-refractivity contribution in [1.82, 2.24) is 0 Å². The van der Waals surface area contributed by atoms with Crippen molar-refractivity contribution in [1.29, 1.82) is 0 Å². The number of phenolic OH excluding ortho intramolecular Hbond substituents is 1. The number of anilines is 1. The standard InChI is InChI=1S/C17H15N3O7S2/c1-9-2-4-12(28(22,23)24)8-14(9)19-20-16-15(29(25,26)27)7-10-6-11(18)3-5-13(10)17(16)21/h2-8,21H,18H2,1H3,(H,22,23,24)(H,25,26,27). The highest BCUT2D eigenvalue weighted by Gasteiger charge is 2.22. The molecule has 3 rings (SSSR count). The smallest absolute Gasteiger partial charge is 0.296 e. The van der Waals surface area contributed by atoms with Crippen LogP contribution >= 0.6 is 0 Å². The Kier molecular flexibility index (Phi) is 5.04. The molecule has 0 atom stereocenters. The molecule has 5 N–H and O–H groups in total. The SMILES string of the molecule is Cc1ccc(S(=O)(=O)O)cc1N=Nc1c(S(=O)(=O)O)cc2cc(N)ccc2c1O. The molecule has 10 nitrogen and oxygen atoms in total. The van der Waals surface area contributed by atoms with E-state index in [1.165, 1.54) is 24.3 Å². The van der Waals surface area contributed by atoms with E-state index in [1.807, 2.05) is 0 Å². The molecule has 3 aromatic carbocycles. The molecule has 0 heterocycles. The second kappa shape index (κ2) is 7.08. The summed E-state index contributed by atoms with van der Waals surface area (Å²) in [4.78, 5) is -1.15. The van der Waals surface area contributed by atoms with Gasteiger partial charge in [0.1, 0.15) is 10.6 Å². The Morgan fingerprint density at radius 1 is 0.897 bits per heavy atom. The van der Waals surface area contributed by atoms with Gasteiger partial charge in [-0.1, -0.05) is 6.07 Å². The molecule has 0 spiro atoms. The monoisotopic (exact) mass is 437 g/mol. The number of fused-ring (bicyclic) bond motifs is 1. The van der Waals surface area contributed by atoms with Crippen LogP contribution in [0.4, 0.5) is 17.1 Å². The minimum atomic E-state index is -4.80. The van der Waals surface area contributed by atoms with E-state index < -0.39 is 41.5 Å². The number of azo groups is 1. The molecule has 0 saturated carbocycles. The maximum Gasteiger partial charge on any atom is 0.296 e. The Morgan fingerprint density at radius 2 is 1.59 bits per heavy atom. The van der Waals surface area contributed by atoms with Crippen LogP contribution in [0.1, 0.15) is 5.56 Å². The number of aryl methyl sites for hydroxylation is 1. The topological polar surface area (TPSA) is 180 Å². The predicted octanol–water partition coefficient (Wildman–Crippen LogP) is 3.34. The third kappa shape index (κ3) is 4.19. The summed E-state index contributed by atoms with van der Waals surface area (Å²) in [7, 11) is -9.29. The third-order valence-corrected chi connectivity index (χ3v) is 5.81. The quantitative estimate of drug-likeness (QED) is 0.272. The average molecular weight is 437 g/mol. The predicted molar refractivity (Wildman–Crippen MR) is 105 cm³/mol. The number of hydrogen-bond donors (Lipinski definition) is 4. The van der Waals surface area contributed by atoms with Crippen molar-refractivity contribution in [3.05, 3.63) is 48.0 Å². The van der Waals surface area contributed by atoms with Crippen molar-refractivity contribution in [3.63, 3.8) is 0 Å². The van der Waals surface area contributed by atoms with Gasteiger partial charge in [0.25, 0.3) is 20.2 Å². The fourth-order valence-electron chi connectivity index (χ4n) is 2.62. The first kappa shape index (κ1) is 20.7. The number of rotatable bonds is 4. The van der Waals surface area contributed by atoms with Gasteiger partial charge in [-0.05, 0) is 54.3 Å². The molecule has 0 radical (unpaired) electrons. The lowest BCUT2D eigenvalue weighted by Gasteiger charge is -2.09. The summed E-state index contributed by atoms with van der Waals surface area (Å²) in [5, 5.41) is 18.5. The average Bonchev–Trinajstić information content (AvgIpc) is 2.60. The highest BCUT2D eigenvalue weighted by Crippen LogP contribution is 2.42. The number of phenols is 1. The van der Waals surface area contributed by atoms with Gasteiger partial charge < -0.3 is 10.8 Å². The Balaban J connectivity index is 2.25. The molecule has 29 heavy (non-hydrogen) atoms. The van der Waals surface area contributed by atoms with Crippen LogP contribution in [-0.2, 0) is 20.2 Å². The lowest BCUT2D eigenvalue weighted by molar-refractivity contribution is 0.472. The molecule has 0 aliphatic heterocycles. The number of benzene rings is 3.